The maximum atomic E-state index is 14.2. The number of aromatic nitrogens is 2. The van der Waals surface area contributed by atoms with Crippen LogP contribution in [0.25, 0.3) is 11.0 Å². The van der Waals surface area contributed by atoms with E-state index in [4.69, 9.17) is 4.42 Å². The number of fused-ring (bicyclic) bond motifs is 5. The lowest BCUT2D eigenvalue weighted by atomic mass is 9.84. The molecule has 0 bridgehead atoms. The highest BCUT2D eigenvalue weighted by molar-refractivity contribution is 8.00. The van der Waals surface area contributed by atoms with E-state index in [0.717, 1.165) is 5.56 Å². The molecule has 1 atom stereocenters. The second kappa shape index (κ2) is 8.37. The second-order valence-corrected chi connectivity index (χ2v) is 11.2. The number of rotatable bonds is 4. The highest BCUT2D eigenvalue weighted by Gasteiger charge is 2.66. The summed E-state index contributed by atoms with van der Waals surface area (Å²) in [5.74, 6) is -0.509. The molecule has 1 spiro atoms. The van der Waals surface area contributed by atoms with E-state index in [0.29, 0.717) is 26.7 Å². The topological polar surface area (TPSA) is 96.6 Å². The van der Waals surface area contributed by atoms with Crippen LogP contribution in [-0.4, -0.2) is 29.1 Å². The maximum absolute atomic E-state index is 14.2. The van der Waals surface area contributed by atoms with E-state index in [-0.39, 0.29) is 22.0 Å². The quantitative estimate of drug-likeness (QED) is 0.239. The van der Waals surface area contributed by atoms with Crippen molar-refractivity contribution >= 4 is 56.7 Å². The third kappa shape index (κ3) is 3.01. The van der Waals surface area contributed by atoms with Crippen LogP contribution in [0, 0.1) is 0 Å². The Labute approximate surface area is 224 Å². The van der Waals surface area contributed by atoms with Gasteiger partial charge in [0.15, 0.2) is 15.3 Å². The van der Waals surface area contributed by atoms with Crippen molar-refractivity contribution in [2.24, 2.45) is 0 Å². The molecule has 0 saturated carbocycles. The van der Waals surface area contributed by atoms with Crippen molar-refractivity contribution < 1.29 is 14.0 Å². The van der Waals surface area contributed by atoms with Gasteiger partial charge in [0.25, 0.3) is 11.8 Å². The Kier molecular flexibility index (Phi) is 5.04. The lowest BCUT2D eigenvalue weighted by Gasteiger charge is -2.31. The number of para-hydroxylation sites is 2. The Bertz CT molecular complexity index is 1830. The van der Waals surface area contributed by atoms with Gasteiger partial charge in [-0.2, -0.15) is 0 Å². The summed E-state index contributed by atoms with van der Waals surface area (Å²) in [5.41, 5.74) is 0.387. The zero-order valence-electron chi connectivity index (χ0n) is 20.0. The number of hydrogen-bond acceptors (Lipinski definition) is 8. The zero-order valence-corrected chi connectivity index (χ0v) is 21.6. The molecule has 2 aromatic heterocycles. The van der Waals surface area contributed by atoms with Gasteiger partial charge < -0.3 is 9.32 Å². The SMILES string of the molecule is CN1C(=O)C2(c3ccccc31)c1c(oc3ccccc3c1=O)C(=O)N2c1nnc(SCc2ccccc2)s1. The van der Waals surface area contributed by atoms with Gasteiger partial charge in [0.05, 0.1) is 10.9 Å². The van der Waals surface area contributed by atoms with E-state index in [9.17, 15) is 14.4 Å². The third-order valence-electron chi connectivity index (χ3n) is 6.95. The van der Waals surface area contributed by atoms with E-state index >= 15 is 0 Å². The molecule has 10 heteroatoms. The van der Waals surface area contributed by atoms with E-state index < -0.39 is 22.8 Å². The summed E-state index contributed by atoms with van der Waals surface area (Å²) in [4.78, 5) is 45.0. The van der Waals surface area contributed by atoms with E-state index in [1.165, 1.54) is 32.9 Å². The van der Waals surface area contributed by atoms with Crippen LogP contribution in [0.3, 0.4) is 0 Å². The molecule has 2 aliphatic rings. The van der Waals surface area contributed by atoms with Gasteiger partial charge in [0, 0.05) is 24.1 Å². The molecule has 186 valence electrons. The number of nitrogens with zero attached hydrogens (tertiary/aromatic N) is 4. The smallest absolute Gasteiger partial charge is 0.297 e. The molecule has 2 amide bonds. The highest BCUT2D eigenvalue weighted by Crippen LogP contribution is 2.54. The molecule has 0 saturated heterocycles. The molecule has 2 aliphatic heterocycles. The van der Waals surface area contributed by atoms with E-state index in [1.54, 1.807) is 49.5 Å². The molecule has 38 heavy (non-hydrogen) atoms. The van der Waals surface area contributed by atoms with Crippen LogP contribution in [-0.2, 0) is 16.1 Å². The molecule has 0 N–H and O–H groups in total. The molecular weight excluding hydrogens is 520 g/mol. The lowest BCUT2D eigenvalue weighted by Crippen LogP contribution is -2.53. The van der Waals surface area contributed by atoms with Gasteiger partial charge in [0.1, 0.15) is 5.58 Å². The molecule has 3 aromatic carbocycles. The summed E-state index contributed by atoms with van der Waals surface area (Å²) in [6.07, 6.45) is 0. The summed E-state index contributed by atoms with van der Waals surface area (Å²) < 4.78 is 6.67. The van der Waals surface area contributed by atoms with Gasteiger partial charge >= 0.3 is 0 Å². The van der Waals surface area contributed by atoms with Crippen molar-refractivity contribution in [3.8, 4) is 0 Å². The van der Waals surface area contributed by atoms with Crippen molar-refractivity contribution in [2.75, 3.05) is 16.8 Å². The fourth-order valence-corrected chi connectivity index (χ4v) is 7.13. The first kappa shape index (κ1) is 22.9. The Balaban J connectivity index is 1.44. The van der Waals surface area contributed by atoms with Crippen molar-refractivity contribution in [2.45, 2.75) is 15.6 Å². The fourth-order valence-electron chi connectivity index (χ4n) is 5.28. The largest absolute Gasteiger partial charge is 0.450 e. The first-order valence-corrected chi connectivity index (χ1v) is 13.6. The molecule has 1 unspecified atom stereocenters. The number of amides is 2. The van der Waals surface area contributed by atoms with Crippen LogP contribution < -0.4 is 15.2 Å². The normalized spacial score (nSPS) is 18.0. The number of hydrogen-bond donors (Lipinski definition) is 0. The molecular formula is C28H18N4O4S2. The minimum Gasteiger partial charge on any atom is -0.450 e. The van der Waals surface area contributed by atoms with E-state index in [1.807, 2.05) is 36.4 Å². The average Bonchev–Trinajstić information content (AvgIpc) is 3.58. The Hall–Kier alpha value is -4.28. The van der Waals surface area contributed by atoms with Gasteiger partial charge in [0.2, 0.25) is 10.9 Å². The molecule has 0 fully saturated rings. The molecule has 7 rings (SSSR count). The number of likely N-dealkylation sites (N-methyl/N-ethyl adjacent to an activating group) is 1. The van der Waals surface area contributed by atoms with Gasteiger partial charge in [-0.1, -0.05) is 83.8 Å². The van der Waals surface area contributed by atoms with Crippen LogP contribution >= 0.6 is 23.1 Å². The lowest BCUT2D eigenvalue weighted by molar-refractivity contribution is -0.121. The number of anilines is 2. The van der Waals surface area contributed by atoms with Crippen molar-refractivity contribution in [1.29, 1.82) is 0 Å². The minimum absolute atomic E-state index is 0.0108. The van der Waals surface area contributed by atoms with Crippen molar-refractivity contribution in [1.82, 2.24) is 10.2 Å². The molecule has 5 aromatic rings. The summed E-state index contributed by atoms with van der Waals surface area (Å²) >= 11 is 2.69. The number of thioether (sulfide) groups is 1. The number of benzene rings is 3. The number of carbonyl (C=O) groups is 2. The van der Waals surface area contributed by atoms with Gasteiger partial charge in [-0.15, -0.1) is 10.2 Å². The predicted octanol–water partition coefficient (Wildman–Crippen LogP) is 4.82. The van der Waals surface area contributed by atoms with Gasteiger partial charge in [-0.3, -0.25) is 19.3 Å². The third-order valence-corrected chi connectivity index (χ3v) is 9.07. The molecule has 8 nitrogen and oxygen atoms in total. The minimum atomic E-state index is -1.75. The second-order valence-electron chi connectivity index (χ2n) is 8.99. The summed E-state index contributed by atoms with van der Waals surface area (Å²) in [5, 5.41) is 9.17. The van der Waals surface area contributed by atoms with Gasteiger partial charge in [-0.05, 0) is 23.8 Å². The highest BCUT2D eigenvalue weighted by atomic mass is 32.2. The van der Waals surface area contributed by atoms with Crippen LogP contribution in [0.1, 0.15) is 27.2 Å². The number of carbonyl (C=O) groups excluding carboxylic acids is 2. The molecule has 0 radical (unpaired) electrons. The molecule has 0 aliphatic carbocycles. The summed E-state index contributed by atoms with van der Waals surface area (Å²) in [6.45, 7) is 0. The van der Waals surface area contributed by atoms with Crippen LogP contribution in [0.5, 0.6) is 0 Å². The first-order valence-electron chi connectivity index (χ1n) is 11.8. The van der Waals surface area contributed by atoms with Gasteiger partial charge in [-0.25, -0.2) is 0 Å². The Morgan fingerprint density at radius 1 is 0.921 bits per heavy atom. The Morgan fingerprint density at radius 2 is 1.66 bits per heavy atom. The summed E-state index contributed by atoms with van der Waals surface area (Å²) in [6, 6.07) is 23.9. The average molecular weight is 539 g/mol. The summed E-state index contributed by atoms with van der Waals surface area (Å²) in [7, 11) is 1.64. The van der Waals surface area contributed by atoms with Crippen LogP contribution in [0.4, 0.5) is 10.8 Å². The maximum Gasteiger partial charge on any atom is 0.297 e. The van der Waals surface area contributed by atoms with Crippen molar-refractivity contribution in [3.05, 3.63) is 112 Å². The van der Waals surface area contributed by atoms with Crippen molar-refractivity contribution in [3.63, 3.8) is 0 Å². The Morgan fingerprint density at radius 3 is 2.50 bits per heavy atom. The van der Waals surface area contributed by atoms with Crippen LogP contribution in [0.2, 0.25) is 0 Å². The monoisotopic (exact) mass is 538 g/mol. The van der Waals surface area contributed by atoms with Crippen LogP contribution in [0.15, 0.2) is 92.4 Å². The fraction of sp³-hybridized carbons (Fsp3) is 0.107. The predicted molar refractivity (Wildman–Crippen MR) is 146 cm³/mol. The first-order chi connectivity index (χ1) is 18.5. The zero-order chi connectivity index (χ0) is 26.0. The standard InChI is InChI=1S/C28H18N4O4S2/c1-31-19-13-7-6-12-18(19)28(25(31)35)21-22(33)17-11-5-8-14-20(17)36-23(21)24(34)32(28)26-29-30-27(38-26)37-15-16-9-3-2-4-10-16/h2-14H,15H2,1H3. The van der Waals surface area contributed by atoms with E-state index in [2.05, 4.69) is 10.2 Å². The molecule has 4 heterocycles.